The predicted octanol–water partition coefficient (Wildman–Crippen LogP) is 2.35. The van der Waals surface area contributed by atoms with Gasteiger partial charge in [-0.3, -0.25) is 0 Å². The second-order valence-electron chi connectivity index (χ2n) is 4.80. The van der Waals surface area contributed by atoms with Crippen LogP contribution in [0.2, 0.25) is 0 Å². The Hall–Kier alpha value is -0.120. The molecule has 0 aromatic rings. The highest BCUT2D eigenvalue weighted by Gasteiger charge is 2.12. The maximum atomic E-state index is 5.81. The lowest BCUT2D eigenvalue weighted by molar-refractivity contribution is 0.0286. The minimum atomic E-state index is 0.334. The molecule has 0 atom stereocenters. The van der Waals surface area contributed by atoms with Crippen LogP contribution in [0.15, 0.2) is 0 Å². The van der Waals surface area contributed by atoms with Crippen LogP contribution in [0.25, 0.3) is 0 Å². The predicted molar refractivity (Wildman–Crippen MR) is 66.8 cm³/mol. The average molecular weight is 229 g/mol. The summed E-state index contributed by atoms with van der Waals surface area (Å²) in [5, 5.41) is 3.33. The van der Waals surface area contributed by atoms with Gasteiger partial charge in [0, 0.05) is 13.1 Å². The van der Waals surface area contributed by atoms with Crippen molar-refractivity contribution in [2.75, 3.05) is 26.3 Å². The average Bonchev–Trinajstić information content (AvgIpc) is 2.29. The van der Waals surface area contributed by atoms with Gasteiger partial charge in [-0.2, -0.15) is 0 Å². The van der Waals surface area contributed by atoms with Crippen molar-refractivity contribution >= 4 is 0 Å². The first-order chi connectivity index (χ1) is 7.79. The fourth-order valence-corrected chi connectivity index (χ4v) is 2.02. The number of hydrogen-bond donors (Lipinski definition) is 1. The van der Waals surface area contributed by atoms with E-state index in [9.17, 15) is 0 Å². The molecule has 1 aliphatic rings. The van der Waals surface area contributed by atoms with Gasteiger partial charge in [0.15, 0.2) is 0 Å². The molecule has 0 saturated heterocycles. The molecule has 0 aliphatic heterocycles. The standard InChI is InChI=1S/C13H27NO2/c1-12(2)15-10-8-14-9-11-16-13-6-4-3-5-7-13/h12-14H,3-11H2,1-2H3. The van der Waals surface area contributed by atoms with E-state index in [0.717, 1.165) is 26.3 Å². The van der Waals surface area contributed by atoms with Crippen LogP contribution in [-0.4, -0.2) is 38.5 Å². The Morgan fingerprint density at radius 3 is 2.44 bits per heavy atom. The second-order valence-corrected chi connectivity index (χ2v) is 4.80. The zero-order chi connectivity index (χ0) is 11.6. The molecule has 0 amide bonds. The van der Waals surface area contributed by atoms with Crippen molar-refractivity contribution in [2.45, 2.75) is 58.2 Å². The molecule has 0 radical (unpaired) electrons. The topological polar surface area (TPSA) is 30.5 Å². The van der Waals surface area contributed by atoms with E-state index in [1.54, 1.807) is 0 Å². The third kappa shape index (κ3) is 7.20. The van der Waals surface area contributed by atoms with E-state index in [1.807, 2.05) is 0 Å². The molecule has 1 saturated carbocycles. The van der Waals surface area contributed by atoms with Crippen LogP contribution in [0.3, 0.4) is 0 Å². The van der Waals surface area contributed by atoms with E-state index >= 15 is 0 Å². The summed E-state index contributed by atoms with van der Waals surface area (Å²) >= 11 is 0. The van der Waals surface area contributed by atoms with Gasteiger partial charge in [-0.1, -0.05) is 19.3 Å². The van der Waals surface area contributed by atoms with Crippen molar-refractivity contribution in [3.05, 3.63) is 0 Å². The number of ether oxygens (including phenoxy) is 2. The molecule has 1 aliphatic carbocycles. The molecule has 0 aromatic carbocycles. The van der Waals surface area contributed by atoms with Crippen LogP contribution < -0.4 is 5.32 Å². The van der Waals surface area contributed by atoms with Gasteiger partial charge in [0.1, 0.15) is 0 Å². The third-order valence-electron chi connectivity index (χ3n) is 2.91. The number of rotatable bonds is 8. The van der Waals surface area contributed by atoms with Gasteiger partial charge in [-0.15, -0.1) is 0 Å². The Balaban J connectivity index is 1.80. The van der Waals surface area contributed by atoms with Crippen molar-refractivity contribution < 1.29 is 9.47 Å². The number of nitrogens with one attached hydrogen (secondary N) is 1. The third-order valence-corrected chi connectivity index (χ3v) is 2.91. The normalized spacial score (nSPS) is 18.2. The van der Waals surface area contributed by atoms with Crippen molar-refractivity contribution in [3.8, 4) is 0 Å². The summed E-state index contributed by atoms with van der Waals surface area (Å²) in [6, 6.07) is 0. The molecular weight excluding hydrogens is 202 g/mol. The van der Waals surface area contributed by atoms with E-state index in [2.05, 4.69) is 19.2 Å². The highest BCUT2D eigenvalue weighted by molar-refractivity contribution is 4.65. The van der Waals surface area contributed by atoms with Crippen molar-refractivity contribution in [1.29, 1.82) is 0 Å². The molecule has 0 aromatic heterocycles. The quantitative estimate of drug-likeness (QED) is 0.648. The molecule has 0 heterocycles. The Morgan fingerprint density at radius 1 is 1.06 bits per heavy atom. The van der Waals surface area contributed by atoms with Crippen molar-refractivity contribution in [2.24, 2.45) is 0 Å². The summed E-state index contributed by atoms with van der Waals surface area (Å²) in [4.78, 5) is 0. The van der Waals surface area contributed by atoms with E-state index in [1.165, 1.54) is 32.1 Å². The summed E-state index contributed by atoms with van der Waals surface area (Å²) < 4.78 is 11.2. The van der Waals surface area contributed by atoms with Gasteiger partial charge < -0.3 is 14.8 Å². The van der Waals surface area contributed by atoms with Gasteiger partial charge in [-0.05, 0) is 26.7 Å². The molecule has 1 fully saturated rings. The fraction of sp³-hybridized carbons (Fsp3) is 1.00. The smallest absolute Gasteiger partial charge is 0.0594 e. The van der Waals surface area contributed by atoms with Gasteiger partial charge >= 0.3 is 0 Å². The van der Waals surface area contributed by atoms with E-state index in [-0.39, 0.29) is 0 Å². The van der Waals surface area contributed by atoms with Crippen molar-refractivity contribution in [3.63, 3.8) is 0 Å². The monoisotopic (exact) mass is 229 g/mol. The minimum absolute atomic E-state index is 0.334. The molecule has 1 N–H and O–H groups in total. The molecule has 0 spiro atoms. The molecule has 3 heteroatoms. The van der Waals surface area contributed by atoms with Gasteiger partial charge in [0.25, 0.3) is 0 Å². The molecular formula is C13H27NO2. The zero-order valence-corrected chi connectivity index (χ0v) is 10.8. The minimum Gasteiger partial charge on any atom is -0.377 e. The summed E-state index contributed by atoms with van der Waals surface area (Å²) in [5.41, 5.74) is 0. The molecule has 0 unspecified atom stereocenters. The first-order valence-electron chi connectivity index (χ1n) is 6.73. The van der Waals surface area contributed by atoms with E-state index < -0.39 is 0 Å². The van der Waals surface area contributed by atoms with Gasteiger partial charge in [-0.25, -0.2) is 0 Å². The van der Waals surface area contributed by atoms with Crippen LogP contribution >= 0.6 is 0 Å². The lowest BCUT2D eigenvalue weighted by Crippen LogP contribution is -2.27. The highest BCUT2D eigenvalue weighted by atomic mass is 16.5. The van der Waals surface area contributed by atoms with Crippen LogP contribution in [-0.2, 0) is 9.47 Å². The maximum absolute atomic E-state index is 5.81. The summed E-state index contributed by atoms with van der Waals surface area (Å²) in [7, 11) is 0. The highest BCUT2D eigenvalue weighted by Crippen LogP contribution is 2.19. The molecule has 3 nitrogen and oxygen atoms in total. The first-order valence-corrected chi connectivity index (χ1v) is 6.73. The molecule has 96 valence electrons. The first kappa shape index (κ1) is 13.9. The van der Waals surface area contributed by atoms with E-state index in [4.69, 9.17) is 9.47 Å². The SMILES string of the molecule is CC(C)OCCNCCOC1CCCCC1. The molecule has 16 heavy (non-hydrogen) atoms. The van der Waals surface area contributed by atoms with Crippen molar-refractivity contribution in [1.82, 2.24) is 5.32 Å². The van der Waals surface area contributed by atoms with Gasteiger partial charge in [0.05, 0.1) is 25.4 Å². The van der Waals surface area contributed by atoms with Crippen LogP contribution in [0, 0.1) is 0 Å². The Morgan fingerprint density at radius 2 is 1.75 bits per heavy atom. The fourth-order valence-electron chi connectivity index (χ4n) is 2.02. The largest absolute Gasteiger partial charge is 0.377 e. The number of hydrogen-bond acceptors (Lipinski definition) is 3. The van der Waals surface area contributed by atoms with Gasteiger partial charge in [0.2, 0.25) is 0 Å². The van der Waals surface area contributed by atoms with Crippen LogP contribution in [0.4, 0.5) is 0 Å². The van der Waals surface area contributed by atoms with Crippen LogP contribution in [0.1, 0.15) is 46.0 Å². The Bertz CT molecular complexity index is 156. The lowest BCUT2D eigenvalue weighted by Gasteiger charge is -2.22. The lowest BCUT2D eigenvalue weighted by atomic mass is 9.98. The maximum Gasteiger partial charge on any atom is 0.0594 e. The Labute approximate surface area is 99.9 Å². The van der Waals surface area contributed by atoms with Crippen LogP contribution in [0.5, 0.6) is 0 Å². The molecule has 1 rings (SSSR count). The second kappa shape index (κ2) is 8.97. The summed E-state index contributed by atoms with van der Waals surface area (Å²) in [6.45, 7) is 7.62. The Kier molecular flexibility index (Phi) is 7.81. The zero-order valence-electron chi connectivity index (χ0n) is 10.8. The van der Waals surface area contributed by atoms with E-state index in [0.29, 0.717) is 12.2 Å². The summed E-state index contributed by atoms with van der Waals surface area (Å²) in [5.74, 6) is 0. The summed E-state index contributed by atoms with van der Waals surface area (Å²) in [6.07, 6.45) is 7.47. The molecule has 0 bridgehead atoms.